The summed E-state index contributed by atoms with van der Waals surface area (Å²) in [5.74, 6) is -6.55. The van der Waals surface area contributed by atoms with E-state index < -0.39 is 92.2 Å². The first-order chi connectivity index (χ1) is 32.2. The second-order valence-electron chi connectivity index (χ2n) is 18.1. The summed E-state index contributed by atoms with van der Waals surface area (Å²) in [6.45, 7) is 8.92. The zero-order chi connectivity index (χ0) is 49.1. The van der Waals surface area contributed by atoms with Crippen LogP contribution in [0.15, 0.2) is 84.5 Å². The number of thiazole rings is 1. The third-order valence-corrected chi connectivity index (χ3v) is 14.6. The summed E-state index contributed by atoms with van der Waals surface area (Å²) in [6, 6.07) is 15.7. The molecule has 1 aliphatic carbocycles. The van der Waals surface area contributed by atoms with Crippen molar-refractivity contribution in [2.24, 2.45) is 5.41 Å². The van der Waals surface area contributed by atoms with Crippen LogP contribution in [0.25, 0.3) is 27.1 Å². The Kier molecular flexibility index (Phi) is 14.8. The van der Waals surface area contributed by atoms with Crippen molar-refractivity contribution < 1.29 is 46.3 Å². The first-order valence-electron chi connectivity index (χ1n) is 22.1. The zero-order valence-corrected chi connectivity index (χ0v) is 39.8. The Hall–Kier alpha value is -6.50. The smallest absolute Gasteiger partial charge is 0.246 e. The maximum atomic E-state index is 15.6. The van der Waals surface area contributed by atoms with E-state index in [4.69, 9.17) is 0 Å². The van der Waals surface area contributed by atoms with Crippen molar-refractivity contribution in [3.63, 3.8) is 0 Å². The molecule has 0 bridgehead atoms. The highest BCUT2D eigenvalue weighted by Gasteiger charge is 2.44. The van der Waals surface area contributed by atoms with Crippen molar-refractivity contribution in [3.05, 3.63) is 130 Å². The van der Waals surface area contributed by atoms with Gasteiger partial charge < -0.3 is 26.0 Å². The number of ketones is 1. The number of carbonyl (C=O) groups is 5. The van der Waals surface area contributed by atoms with E-state index in [1.165, 1.54) is 11.0 Å². The number of carbonyl (C=O) groups excluding carboxylic acids is 5. The molecule has 3 heterocycles. The minimum Gasteiger partial charge on any atom is -0.391 e. The molecule has 2 aliphatic rings. The van der Waals surface area contributed by atoms with Crippen molar-refractivity contribution in [2.75, 3.05) is 17.6 Å². The number of aliphatic hydroxyl groups excluding tert-OH is 1. The van der Waals surface area contributed by atoms with Crippen LogP contribution in [0.1, 0.15) is 85.4 Å². The minimum absolute atomic E-state index is 0.0158. The highest BCUT2D eigenvalue weighted by molar-refractivity contribution is 7.90. The van der Waals surface area contributed by atoms with E-state index in [1.807, 2.05) is 31.2 Å². The van der Waals surface area contributed by atoms with Gasteiger partial charge >= 0.3 is 0 Å². The van der Waals surface area contributed by atoms with Crippen LogP contribution in [0, 0.1) is 24.0 Å². The molecule has 0 radical (unpaired) electrons. The summed E-state index contributed by atoms with van der Waals surface area (Å²) in [5, 5.41) is 18.8. The molecule has 4 N–H and O–H groups in total. The summed E-state index contributed by atoms with van der Waals surface area (Å²) in [4.78, 5) is 78.8. The van der Waals surface area contributed by atoms with Gasteiger partial charge in [0.25, 0.3) is 0 Å². The van der Waals surface area contributed by atoms with Gasteiger partial charge in [-0.15, -0.1) is 11.3 Å². The summed E-state index contributed by atoms with van der Waals surface area (Å²) in [5.41, 5.74) is 5.01. The molecule has 7 rings (SSSR count). The number of pyridine rings is 1. The van der Waals surface area contributed by atoms with Crippen LogP contribution in [0.3, 0.4) is 0 Å². The molecule has 5 aromatic rings. The highest BCUT2D eigenvalue weighted by Crippen LogP contribution is 2.35. The molecule has 1 aliphatic heterocycles. The molecule has 356 valence electrons. The van der Waals surface area contributed by atoms with Crippen LogP contribution in [0.4, 0.5) is 14.5 Å². The van der Waals surface area contributed by atoms with Gasteiger partial charge in [-0.05, 0) is 59.7 Å². The monoisotopic (exact) mass is 966 g/mol. The Morgan fingerprint density at radius 2 is 1.65 bits per heavy atom. The molecule has 14 nitrogen and oxygen atoms in total. The van der Waals surface area contributed by atoms with Crippen LogP contribution in [-0.4, -0.2) is 88.3 Å². The van der Waals surface area contributed by atoms with Crippen molar-refractivity contribution >= 4 is 61.8 Å². The highest BCUT2D eigenvalue weighted by atomic mass is 32.2. The number of aromatic nitrogens is 2. The second kappa shape index (κ2) is 20.4. The van der Waals surface area contributed by atoms with Gasteiger partial charge in [-0.25, -0.2) is 22.2 Å². The van der Waals surface area contributed by atoms with Gasteiger partial charge in [0.2, 0.25) is 23.6 Å². The van der Waals surface area contributed by atoms with E-state index in [-0.39, 0.29) is 42.8 Å². The molecule has 0 spiro atoms. The number of likely N-dealkylation sites (tertiary alicyclic amines) is 1. The van der Waals surface area contributed by atoms with Crippen molar-refractivity contribution in [3.8, 4) is 21.6 Å². The molecule has 1 fully saturated rings. The van der Waals surface area contributed by atoms with E-state index >= 15 is 8.78 Å². The fourth-order valence-electron chi connectivity index (χ4n) is 8.33. The maximum Gasteiger partial charge on any atom is 0.246 e. The number of β-amino-alcohol motifs (C(OH)–C–C–N with tert-alkyl or cyclic N) is 1. The average molecular weight is 967 g/mol. The van der Waals surface area contributed by atoms with Gasteiger partial charge in [0, 0.05) is 60.1 Å². The molecule has 68 heavy (non-hydrogen) atoms. The molecule has 0 saturated carbocycles. The fourth-order valence-corrected chi connectivity index (χ4v) is 10.6. The van der Waals surface area contributed by atoms with Gasteiger partial charge in [-0.3, -0.25) is 29.0 Å². The zero-order valence-electron chi connectivity index (χ0n) is 38.2. The van der Waals surface area contributed by atoms with Crippen LogP contribution in [-0.2, 0) is 47.7 Å². The predicted molar refractivity (Wildman–Crippen MR) is 255 cm³/mol. The number of Topliss-reactive ketones (excluding diaryl/α,β-unsaturated/α-hetero) is 1. The number of fused-ring (bicyclic) bond motifs is 1. The molecule has 3 atom stereocenters. The third-order valence-electron chi connectivity index (χ3n) is 11.8. The van der Waals surface area contributed by atoms with Gasteiger partial charge in [0.1, 0.15) is 30.1 Å². The summed E-state index contributed by atoms with van der Waals surface area (Å²) in [6.07, 6.45) is 2.08. The molecular weight excluding hydrogens is 915 g/mol. The number of nitrogens with one attached hydrogen (secondary N) is 3. The number of aryl methyl sites for hydroxylation is 1. The van der Waals surface area contributed by atoms with Crippen LogP contribution >= 0.6 is 11.3 Å². The van der Waals surface area contributed by atoms with Crippen molar-refractivity contribution in [2.45, 2.75) is 90.8 Å². The fraction of sp³-hybridized carbons (Fsp3) is 0.340. The number of amides is 4. The van der Waals surface area contributed by atoms with Gasteiger partial charge in [0.05, 0.1) is 44.9 Å². The number of allylic oxidation sites excluding steroid dienone is 2. The Balaban J connectivity index is 0.956. The van der Waals surface area contributed by atoms with E-state index in [1.54, 1.807) is 81.1 Å². The number of hydrogen-bond donors (Lipinski definition) is 4. The summed E-state index contributed by atoms with van der Waals surface area (Å²) >= 11 is 1.54. The molecule has 1 saturated heterocycles. The van der Waals surface area contributed by atoms with E-state index in [0.29, 0.717) is 34.5 Å². The number of aliphatic hydroxyl groups is 1. The predicted octanol–water partition coefficient (Wildman–Crippen LogP) is 6.74. The summed E-state index contributed by atoms with van der Waals surface area (Å²) in [7, 11) is -3.68. The quantitative estimate of drug-likeness (QED) is 0.0606. The molecule has 3 aromatic carbocycles. The first kappa shape index (κ1) is 49.4. The van der Waals surface area contributed by atoms with E-state index in [9.17, 15) is 37.5 Å². The molecule has 0 unspecified atom stereocenters. The average Bonchev–Trinajstić information content (AvgIpc) is 4.03. The number of sulfone groups is 1. The number of anilines is 1. The van der Waals surface area contributed by atoms with E-state index in [2.05, 4.69) is 25.9 Å². The lowest BCUT2D eigenvalue weighted by atomic mass is 9.85. The van der Waals surface area contributed by atoms with Crippen molar-refractivity contribution in [1.29, 1.82) is 0 Å². The normalized spacial score (nSPS) is 16.2. The lowest BCUT2D eigenvalue weighted by Crippen LogP contribution is -2.58. The molecular formula is C50H52F2N6O8S2. The van der Waals surface area contributed by atoms with Crippen LogP contribution in [0.2, 0.25) is 0 Å². The number of hydrogen-bond acceptors (Lipinski definition) is 11. The second-order valence-corrected chi connectivity index (χ2v) is 21.1. The maximum absolute atomic E-state index is 15.6. The topological polar surface area (TPSA) is 205 Å². The molecule has 4 amide bonds. The Labute approximate surface area is 397 Å². The van der Waals surface area contributed by atoms with Gasteiger partial charge in [0.15, 0.2) is 15.6 Å². The Morgan fingerprint density at radius 1 is 0.941 bits per heavy atom. The summed E-state index contributed by atoms with van der Waals surface area (Å²) < 4.78 is 55.5. The Bertz CT molecular complexity index is 2910. The largest absolute Gasteiger partial charge is 0.391 e. The SMILES string of the molecule is CCCS(=O)(=O)Cc1ccc(F)c(C(=O)C2=CCc3ncc(-c4ccc(NC(=O)CC(=O)N[C@H](C(=O)N5C[C@H](O)C[C@H]5C(=O)NCc5ccc(-c6scnc6C)cc5)C(C)(C)C)cc4)cc32)c1F. The number of rotatable bonds is 16. The minimum atomic E-state index is -3.68. The lowest BCUT2D eigenvalue weighted by Gasteiger charge is -2.35. The van der Waals surface area contributed by atoms with Crippen molar-refractivity contribution in [1.82, 2.24) is 25.5 Å². The van der Waals surface area contributed by atoms with Crippen LogP contribution in [0.5, 0.6) is 0 Å². The van der Waals surface area contributed by atoms with Gasteiger partial charge in [-0.1, -0.05) is 76.2 Å². The first-order valence-corrected chi connectivity index (χ1v) is 24.8. The molecule has 18 heteroatoms. The van der Waals surface area contributed by atoms with Crippen LogP contribution < -0.4 is 16.0 Å². The lowest BCUT2D eigenvalue weighted by molar-refractivity contribution is -0.144. The molecule has 2 aromatic heterocycles. The Morgan fingerprint density at radius 3 is 2.31 bits per heavy atom. The van der Waals surface area contributed by atoms with E-state index in [0.717, 1.165) is 33.8 Å². The van der Waals surface area contributed by atoms with Gasteiger partial charge in [-0.2, -0.15) is 0 Å². The third kappa shape index (κ3) is 11.3. The standard InChI is InChI=1S/C50H52F2N6O8S2/c1-6-19-68(65,66)26-32-13-17-38(51)43(44(32)52)45(62)36-16-18-39-37(36)20-33(24-53-39)30-11-14-34(15-12-30)56-41(60)22-42(61)57-47(50(3,4)5)49(64)58-25-35(59)21-40(58)48(63)54-23-29-7-9-31(10-8-29)46-28(2)55-27-67-46/h7-17,20,24,27,35,40,47,59H,6,18-19,21-23,25-26H2,1-5H3,(H,54,63)(H,56,60)(H,57,61)/t35-,40+,47-/m1/s1. The number of nitrogens with zero attached hydrogens (tertiary/aromatic N) is 3. The number of halogens is 2. The number of benzene rings is 3.